The number of hydrogen-bond acceptors (Lipinski definition) is 2. The Hall–Kier alpha value is -0.340. The number of hydrogen-bond donors (Lipinski definition) is 1. The average molecular weight is 237 g/mol. The molecular formula is C14H23NS. The molecule has 1 aliphatic carbocycles. The topological polar surface area (TPSA) is 12.0 Å². The number of nitrogens with one attached hydrogen (secondary N) is 1. The molecular weight excluding hydrogens is 214 g/mol. The summed E-state index contributed by atoms with van der Waals surface area (Å²) in [6.45, 7) is 3.54. The molecule has 1 atom stereocenters. The van der Waals surface area contributed by atoms with Crippen molar-refractivity contribution in [2.75, 3.05) is 6.54 Å². The zero-order valence-corrected chi connectivity index (χ0v) is 11.1. The average Bonchev–Trinajstić information content (AvgIpc) is 2.81. The molecule has 1 aromatic rings. The van der Waals surface area contributed by atoms with Crippen LogP contribution in [0.2, 0.25) is 0 Å². The van der Waals surface area contributed by atoms with E-state index in [9.17, 15) is 0 Å². The van der Waals surface area contributed by atoms with E-state index >= 15 is 0 Å². The molecule has 0 aliphatic heterocycles. The van der Waals surface area contributed by atoms with E-state index in [1.807, 2.05) is 11.3 Å². The highest BCUT2D eigenvalue weighted by atomic mass is 32.1. The molecule has 0 amide bonds. The molecule has 0 saturated heterocycles. The Morgan fingerprint density at radius 3 is 2.88 bits per heavy atom. The minimum absolute atomic E-state index is 0.626. The van der Waals surface area contributed by atoms with Gasteiger partial charge < -0.3 is 5.32 Å². The van der Waals surface area contributed by atoms with Crippen LogP contribution in [0, 0.1) is 5.92 Å². The molecule has 1 saturated carbocycles. The van der Waals surface area contributed by atoms with E-state index < -0.39 is 0 Å². The van der Waals surface area contributed by atoms with Gasteiger partial charge in [-0.15, -0.1) is 11.3 Å². The van der Waals surface area contributed by atoms with Crippen LogP contribution in [0.4, 0.5) is 0 Å². The van der Waals surface area contributed by atoms with E-state index in [2.05, 4.69) is 29.8 Å². The summed E-state index contributed by atoms with van der Waals surface area (Å²) in [4.78, 5) is 1.50. The maximum atomic E-state index is 3.70. The van der Waals surface area contributed by atoms with Crippen LogP contribution >= 0.6 is 11.3 Å². The zero-order valence-electron chi connectivity index (χ0n) is 10.2. The summed E-state index contributed by atoms with van der Waals surface area (Å²) in [6, 6.07) is 5.01. The fraction of sp³-hybridized carbons (Fsp3) is 0.714. The third-order valence-corrected chi connectivity index (χ3v) is 4.47. The van der Waals surface area contributed by atoms with E-state index in [0.717, 1.165) is 5.92 Å². The van der Waals surface area contributed by atoms with Gasteiger partial charge in [-0.3, -0.25) is 0 Å². The molecule has 0 radical (unpaired) electrons. The monoisotopic (exact) mass is 237 g/mol. The fourth-order valence-electron chi connectivity index (χ4n) is 2.56. The van der Waals surface area contributed by atoms with Crippen LogP contribution in [-0.2, 0) is 6.42 Å². The van der Waals surface area contributed by atoms with Crippen LogP contribution in [-0.4, -0.2) is 12.6 Å². The molecule has 1 N–H and O–H groups in total. The second kappa shape index (κ2) is 6.41. The third-order valence-electron chi connectivity index (χ3n) is 3.57. The Kier molecular flexibility index (Phi) is 4.86. The summed E-state index contributed by atoms with van der Waals surface area (Å²) in [5, 5.41) is 5.87. The van der Waals surface area contributed by atoms with Crippen LogP contribution < -0.4 is 5.32 Å². The number of thiophene rings is 1. The summed E-state index contributed by atoms with van der Waals surface area (Å²) in [7, 11) is 0. The molecule has 1 aliphatic rings. The maximum absolute atomic E-state index is 3.70. The summed E-state index contributed by atoms with van der Waals surface area (Å²) in [6.07, 6.45) is 8.43. The minimum atomic E-state index is 0.626. The smallest absolute Gasteiger partial charge is 0.00871 e. The van der Waals surface area contributed by atoms with Crippen molar-refractivity contribution in [2.24, 2.45) is 5.92 Å². The lowest BCUT2D eigenvalue weighted by Gasteiger charge is -2.23. The second-order valence-corrected chi connectivity index (χ2v) is 6.13. The normalized spacial score (nSPS) is 19.8. The lowest BCUT2D eigenvalue weighted by molar-refractivity contribution is 0.330. The molecule has 1 heterocycles. The van der Waals surface area contributed by atoms with Crippen molar-refractivity contribution in [1.82, 2.24) is 5.32 Å². The molecule has 0 spiro atoms. The van der Waals surface area contributed by atoms with E-state index in [1.54, 1.807) is 0 Å². The van der Waals surface area contributed by atoms with Gasteiger partial charge in [0.1, 0.15) is 0 Å². The highest BCUT2D eigenvalue weighted by molar-refractivity contribution is 7.09. The Morgan fingerprint density at radius 1 is 1.38 bits per heavy atom. The predicted molar refractivity (Wildman–Crippen MR) is 72.1 cm³/mol. The van der Waals surface area contributed by atoms with E-state index in [1.165, 1.54) is 49.9 Å². The highest BCUT2D eigenvalue weighted by Crippen LogP contribution is 2.23. The van der Waals surface area contributed by atoms with Gasteiger partial charge in [0.2, 0.25) is 0 Å². The van der Waals surface area contributed by atoms with Gasteiger partial charge in [-0.2, -0.15) is 0 Å². The summed E-state index contributed by atoms with van der Waals surface area (Å²) >= 11 is 1.87. The van der Waals surface area contributed by atoms with Crippen LogP contribution in [0.1, 0.15) is 43.9 Å². The number of rotatable bonds is 5. The fourth-order valence-corrected chi connectivity index (χ4v) is 3.40. The van der Waals surface area contributed by atoms with Crippen molar-refractivity contribution >= 4 is 11.3 Å². The molecule has 2 heteroatoms. The van der Waals surface area contributed by atoms with Crippen molar-refractivity contribution in [2.45, 2.75) is 51.5 Å². The predicted octanol–water partition coefficient (Wildman–Crippen LogP) is 3.85. The zero-order chi connectivity index (χ0) is 11.2. The maximum Gasteiger partial charge on any atom is 0.00871 e. The molecule has 1 aromatic heterocycles. The van der Waals surface area contributed by atoms with Crippen LogP contribution in [0.3, 0.4) is 0 Å². The lowest BCUT2D eigenvalue weighted by Crippen LogP contribution is -2.33. The van der Waals surface area contributed by atoms with Crippen LogP contribution in [0.25, 0.3) is 0 Å². The molecule has 0 bridgehead atoms. The molecule has 0 aromatic carbocycles. The third kappa shape index (κ3) is 3.91. The Morgan fingerprint density at radius 2 is 2.19 bits per heavy atom. The van der Waals surface area contributed by atoms with Gasteiger partial charge in [0.05, 0.1) is 0 Å². The molecule has 1 fully saturated rings. The standard InChI is InChI=1S/C14H23NS/c1-12(10-14-8-5-9-16-14)15-11-13-6-3-2-4-7-13/h5,8-9,12-13,15H,2-4,6-7,10-11H2,1H3. The molecule has 1 nitrogen and oxygen atoms in total. The Bertz CT molecular complexity index is 275. The van der Waals surface area contributed by atoms with Crippen LogP contribution in [0.5, 0.6) is 0 Å². The van der Waals surface area contributed by atoms with Gasteiger partial charge in [-0.1, -0.05) is 25.3 Å². The van der Waals surface area contributed by atoms with E-state index in [4.69, 9.17) is 0 Å². The van der Waals surface area contributed by atoms with Gasteiger partial charge in [0, 0.05) is 10.9 Å². The van der Waals surface area contributed by atoms with Gasteiger partial charge in [-0.05, 0) is 50.1 Å². The van der Waals surface area contributed by atoms with Crippen LogP contribution in [0.15, 0.2) is 17.5 Å². The first-order valence-corrected chi connectivity index (χ1v) is 7.48. The largest absolute Gasteiger partial charge is 0.314 e. The highest BCUT2D eigenvalue weighted by Gasteiger charge is 2.14. The SMILES string of the molecule is CC(Cc1cccs1)NCC1CCCCC1. The minimum Gasteiger partial charge on any atom is -0.314 e. The summed E-state index contributed by atoms with van der Waals surface area (Å²) in [5.41, 5.74) is 0. The van der Waals surface area contributed by atoms with Gasteiger partial charge in [0.25, 0.3) is 0 Å². The van der Waals surface area contributed by atoms with E-state index in [0.29, 0.717) is 6.04 Å². The van der Waals surface area contributed by atoms with Crippen molar-refractivity contribution in [3.63, 3.8) is 0 Å². The molecule has 16 heavy (non-hydrogen) atoms. The summed E-state index contributed by atoms with van der Waals surface area (Å²) < 4.78 is 0. The first kappa shape index (κ1) is 12.1. The first-order chi connectivity index (χ1) is 7.84. The van der Waals surface area contributed by atoms with Crippen molar-refractivity contribution < 1.29 is 0 Å². The molecule has 90 valence electrons. The molecule has 2 rings (SSSR count). The van der Waals surface area contributed by atoms with Gasteiger partial charge >= 0.3 is 0 Å². The Balaban J connectivity index is 1.65. The lowest BCUT2D eigenvalue weighted by atomic mass is 9.89. The quantitative estimate of drug-likeness (QED) is 0.820. The van der Waals surface area contributed by atoms with Crippen molar-refractivity contribution in [1.29, 1.82) is 0 Å². The molecule has 1 unspecified atom stereocenters. The van der Waals surface area contributed by atoms with Crippen molar-refractivity contribution in [3.8, 4) is 0 Å². The van der Waals surface area contributed by atoms with Gasteiger partial charge in [0.15, 0.2) is 0 Å². The van der Waals surface area contributed by atoms with E-state index in [-0.39, 0.29) is 0 Å². The van der Waals surface area contributed by atoms with Crippen molar-refractivity contribution in [3.05, 3.63) is 22.4 Å². The first-order valence-electron chi connectivity index (χ1n) is 6.60. The Labute approximate surface area is 103 Å². The van der Waals surface area contributed by atoms with Gasteiger partial charge in [-0.25, -0.2) is 0 Å². The second-order valence-electron chi connectivity index (χ2n) is 5.10. The summed E-state index contributed by atoms with van der Waals surface area (Å²) in [5.74, 6) is 0.944.